The Morgan fingerprint density at radius 2 is 2.08 bits per heavy atom. The van der Waals surface area contributed by atoms with Crippen LogP contribution in [0.1, 0.15) is 32.6 Å². The quantitative estimate of drug-likeness (QED) is 0.552. The molecule has 0 aromatic carbocycles. The second kappa shape index (κ2) is 4.66. The van der Waals surface area contributed by atoms with Crippen molar-refractivity contribution >= 4 is 17.6 Å². The Labute approximate surface area is 83.6 Å². The third-order valence-corrected chi connectivity index (χ3v) is 3.08. The molecule has 0 amide bonds. The number of aliphatic carboxylic acids is 1. The van der Waals surface area contributed by atoms with Gasteiger partial charge in [-0.3, -0.25) is 0 Å². The third-order valence-electron chi connectivity index (χ3n) is 2.53. The summed E-state index contributed by atoms with van der Waals surface area (Å²) >= 11 is 6.09. The van der Waals surface area contributed by atoms with Gasteiger partial charge in [-0.25, -0.2) is 4.79 Å². The molecule has 2 unspecified atom stereocenters. The molecule has 2 nitrogen and oxygen atoms in total. The summed E-state index contributed by atoms with van der Waals surface area (Å²) in [5.41, 5.74) is 0.414. The number of halogens is 1. The van der Waals surface area contributed by atoms with E-state index in [4.69, 9.17) is 16.7 Å². The van der Waals surface area contributed by atoms with E-state index in [1.165, 1.54) is 6.42 Å². The molecular formula is C10H15ClO2. The van der Waals surface area contributed by atoms with E-state index in [-0.39, 0.29) is 11.3 Å². The fraction of sp³-hybridized carbons (Fsp3) is 0.700. The first kappa shape index (κ1) is 10.6. The fourth-order valence-corrected chi connectivity index (χ4v) is 2.05. The van der Waals surface area contributed by atoms with E-state index < -0.39 is 5.97 Å². The van der Waals surface area contributed by atoms with Crippen LogP contribution in [0.4, 0.5) is 0 Å². The minimum absolute atomic E-state index is 0.128. The Kier molecular flexibility index (Phi) is 3.79. The van der Waals surface area contributed by atoms with Gasteiger partial charge in [-0.05, 0) is 25.7 Å². The van der Waals surface area contributed by atoms with Crippen LogP contribution in [-0.4, -0.2) is 16.5 Å². The molecule has 0 aromatic heterocycles. The lowest BCUT2D eigenvalue weighted by Crippen LogP contribution is -2.18. The van der Waals surface area contributed by atoms with Gasteiger partial charge in [0.15, 0.2) is 0 Å². The van der Waals surface area contributed by atoms with Gasteiger partial charge in [-0.1, -0.05) is 18.9 Å². The lowest BCUT2D eigenvalue weighted by atomic mass is 9.87. The first-order valence-corrected chi connectivity index (χ1v) is 5.10. The predicted octanol–water partition coefficient (Wildman–Crippen LogP) is 2.81. The minimum Gasteiger partial charge on any atom is -0.478 e. The van der Waals surface area contributed by atoms with Crippen LogP contribution in [0, 0.1) is 5.92 Å². The van der Waals surface area contributed by atoms with Crippen molar-refractivity contribution in [3.8, 4) is 0 Å². The summed E-state index contributed by atoms with van der Waals surface area (Å²) in [4.78, 5) is 10.6. The molecule has 2 atom stereocenters. The van der Waals surface area contributed by atoms with Crippen LogP contribution in [0.3, 0.4) is 0 Å². The van der Waals surface area contributed by atoms with Gasteiger partial charge in [0, 0.05) is 11.0 Å². The largest absolute Gasteiger partial charge is 0.478 e. The average molecular weight is 203 g/mol. The highest BCUT2D eigenvalue weighted by Crippen LogP contribution is 2.30. The highest BCUT2D eigenvalue weighted by atomic mass is 35.5. The van der Waals surface area contributed by atoms with Crippen molar-refractivity contribution in [3.63, 3.8) is 0 Å². The zero-order valence-corrected chi connectivity index (χ0v) is 8.55. The normalized spacial score (nSPS) is 30.2. The molecule has 74 valence electrons. The topological polar surface area (TPSA) is 37.3 Å². The molecule has 0 aromatic rings. The number of carbonyl (C=O) groups is 1. The van der Waals surface area contributed by atoms with Gasteiger partial charge in [-0.15, -0.1) is 11.6 Å². The second-order valence-electron chi connectivity index (χ2n) is 3.62. The Balaban J connectivity index is 2.60. The first-order valence-electron chi connectivity index (χ1n) is 4.67. The lowest BCUT2D eigenvalue weighted by molar-refractivity contribution is -0.132. The monoisotopic (exact) mass is 202 g/mol. The molecule has 0 bridgehead atoms. The zero-order chi connectivity index (χ0) is 9.84. The maximum atomic E-state index is 10.6. The van der Waals surface area contributed by atoms with Crippen LogP contribution in [0.2, 0.25) is 0 Å². The second-order valence-corrected chi connectivity index (χ2v) is 4.18. The molecule has 1 rings (SSSR count). The van der Waals surface area contributed by atoms with Crippen LogP contribution < -0.4 is 0 Å². The number of alkyl halides is 1. The Hall–Kier alpha value is -0.500. The van der Waals surface area contributed by atoms with Crippen molar-refractivity contribution in [1.82, 2.24) is 0 Å². The van der Waals surface area contributed by atoms with Crippen LogP contribution in [0.15, 0.2) is 11.6 Å². The van der Waals surface area contributed by atoms with Gasteiger partial charge < -0.3 is 5.11 Å². The highest BCUT2D eigenvalue weighted by molar-refractivity contribution is 6.21. The van der Waals surface area contributed by atoms with Crippen molar-refractivity contribution < 1.29 is 9.90 Å². The molecule has 0 saturated heterocycles. The van der Waals surface area contributed by atoms with Crippen LogP contribution in [-0.2, 0) is 4.79 Å². The number of allylic oxidation sites excluding steroid dienone is 1. The fourth-order valence-electron chi connectivity index (χ4n) is 1.69. The SMILES string of the molecule is CC(=CC1CCCCC1Cl)C(=O)O. The molecule has 1 saturated carbocycles. The summed E-state index contributed by atoms with van der Waals surface area (Å²) < 4.78 is 0. The molecule has 3 heteroatoms. The Morgan fingerprint density at radius 1 is 1.46 bits per heavy atom. The summed E-state index contributed by atoms with van der Waals surface area (Å²) in [5.74, 6) is -0.582. The predicted molar refractivity (Wildman–Crippen MR) is 53.0 cm³/mol. The molecule has 0 spiro atoms. The van der Waals surface area contributed by atoms with Gasteiger partial charge in [0.1, 0.15) is 0 Å². The minimum atomic E-state index is -0.838. The van der Waals surface area contributed by atoms with E-state index in [9.17, 15) is 4.79 Å². The molecule has 0 aliphatic heterocycles. The van der Waals surface area contributed by atoms with Gasteiger partial charge in [0.25, 0.3) is 0 Å². The molecule has 1 aliphatic carbocycles. The van der Waals surface area contributed by atoms with Crippen molar-refractivity contribution in [2.75, 3.05) is 0 Å². The molecule has 1 aliphatic rings. The summed E-state index contributed by atoms with van der Waals surface area (Å²) in [6, 6.07) is 0. The van der Waals surface area contributed by atoms with E-state index in [0.717, 1.165) is 19.3 Å². The molecular weight excluding hydrogens is 188 g/mol. The summed E-state index contributed by atoms with van der Waals surface area (Å²) in [5, 5.41) is 8.82. The van der Waals surface area contributed by atoms with E-state index in [1.807, 2.05) is 0 Å². The molecule has 0 heterocycles. The summed E-state index contributed by atoms with van der Waals surface area (Å²) in [7, 11) is 0. The molecule has 0 radical (unpaired) electrons. The number of rotatable bonds is 2. The molecule has 1 fully saturated rings. The number of carboxylic acid groups (broad SMARTS) is 1. The van der Waals surface area contributed by atoms with Crippen molar-refractivity contribution in [2.45, 2.75) is 38.0 Å². The van der Waals surface area contributed by atoms with Crippen molar-refractivity contribution in [2.24, 2.45) is 5.92 Å². The molecule has 13 heavy (non-hydrogen) atoms. The Morgan fingerprint density at radius 3 is 2.62 bits per heavy atom. The maximum absolute atomic E-state index is 10.6. The zero-order valence-electron chi connectivity index (χ0n) is 7.79. The van der Waals surface area contributed by atoms with E-state index in [0.29, 0.717) is 5.57 Å². The number of hydrogen-bond donors (Lipinski definition) is 1. The number of carboxylic acids is 1. The summed E-state index contributed by atoms with van der Waals surface area (Å²) in [6.07, 6.45) is 6.18. The van der Waals surface area contributed by atoms with Gasteiger partial charge >= 0.3 is 5.97 Å². The average Bonchev–Trinajstić information content (AvgIpc) is 2.08. The maximum Gasteiger partial charge on any atom is 0.330 e. The Bertz CT molecular complexity index is 223. The standard InChI is InChI=1S/C10H15ClO2/c1-7(10(12)13)6-8-4-2-3-5-9(8)11/h6,8-9H,2-5H2,1H3,(H,12,13). The molecule has 1 N–H and O–H groups in total. The van der Waals surface area contributed by atoms with Gasteiger partial charge in [0.2, 0.25) is 0 Å². The van der Waals surface area contributed by atoms with Crippen molar-refractivity contribution in [1.29, 1.82) is 0 Å². The van der Waals surface area contributed by atoms with E-state index >= 15 is 0 Å². The smallest absolute Gasteiger partial charge is 0.330 e. The first-order chi connectivity index (χ1) is 6.11. The van der Waals surface area contributed by atoms with Gasteiger partial charge in [0.05, 0.1) is 0 Å². The third kappa shape index (κ3) is 3.03. The lowest BCUT2D eigenvalue weighted by Gasteiger charge is -2.24. The van der Waals surface area contributed by atoms with Gasteiger partial charge in [-0.2, -0.15) is 0 Å². The van der Waals surface area contributed by atoms with E-state index in [2.05, 4.69) is 0 Å². The van der Waals surface area contributed by atoms with Crippen LogP contribution in [0.25, 0.3) is 0 Å². The van der Waals surface area contributed by atoms with Crippen LogP contribution >= 0.6 is 11.6 Å². The summed E-state index contributed by atoms with van der Waals surface area (Å²) in [6.45, 7) is 1.63. The number of hydrogen-bond acceptors (Lipinski definition) is 1. The van der Waals surface area contributed by atoms with Crippen molar-refractivity contribution in [3.05, 3.63) is 11.6 Å². The van der Waals surface area contributed by atoms with E-state index in [1.54, 1.807) is 13.0 Å². The van der Waals surface area contributed by atoms with Crippen LogP contribution in [0.5, 0.6) is 0 Å². The highest BCUT2D eigenvalue weighted by Gasteiger charge is 2.21.